The zero-order valence-corrected chi connectivity index (χ0v) is 15.8. The molecule has 0 saturated carbocycles. The van der Waals surface area contributed by atoms with Gasteiger partial charge in [-0.25, -0.2) is 13.5 Å². The average Bonchev–Trinajstić information content (AvgIpc) is 3.16. The van der Waals surface area contributed by atoms with E-state index in [-0.39, 0.29) is 17.3 Å². The van der Waals surface area contributed by atoms with Crippen molar-refractivity contribution in [3.05, 3.63) is 77.1 Å². The summed E-state index contributed by atoms with van der Waals surface area (Å²) in [6.07, 6.45) is 1.45. The lowest BCUT2D eigenvalue weighted by Gasteiger charge is -2.31. The maximum atomic E-state index is 14.0. The number of halogens is 2. The highest BCUT2D eigenvalue weighted by molar-refractivity contribution is 5.98. The number of hydrogen-bond donors (Lipinski definition) is 0. The molecule has 1 aliphatic rings. The van der Waals surface area contributed by atoms with E-state index in [1.807, 2.05) is 30.3 Å². The first-order chi connectivity index (χ1) is 14.1. The molecule has 0 spiro atoms. The van der Waals surface area contributed by atoms with Gasteiger partial charge in [-0.3, -0.25) is 9.69 Å². The Hall–Kier alpha value is -3.00. The van der Waals surface area contributed by atoms with Crippen molar-refractivity contribution in [2.45, 2.75) is 25.9 Å². The maximum Gasteiger partial charge on any atom is 0.170 e. The number of tetrazole rings is 1. The van der Waals surface area contributed by atoms with E-state index in [4.69, 9.17) is 0 Å². The van der Waals surface area contributed by atoms with Gasteiger partial charge in [0.25, 0.3) is 0 Å². The SMILES string of the molecule is O=C(c1cc(F)ccc1F)C1CCCN(Cc2nnnn2Cc2ccccc2)C1. The van der Waals surface area contributed by atoms with Crippen molar-refractivity contribution in [1.29, 1.82) is 0 Å². The van der Waals surface area contributed by atoms with E-state index < -0.39 is 11.6 Å². The number of benzene rings is 2. The van der Waals surface area contributed by atoms with E-state index in [1.54, 1.807) is 4.68 Å². The van der Waals surface area contributed by atoms with Crippen molar-refractivity contribution in [3.63, 3.8) is 0 Å². The summed E-state index contributed by atoms with van der Waals surface area (Å²) in [6, 6.07) is 12.9. The molecule has 0 N–H and O–H groups in total. The van der Waals surface area contributed by atoms with Crippen LogP contribution in [0.1, 0.15) is 34.6 Å². The van der Waals surface area contributed by atoms with Crippen LogP contribution in [-0.2, 0) is 13.1 Å². The molecule has 2 aromatic carbocycles. The summed E-state index contributed by atoms with van der Waals surface area (Å²) in [5.41, 5.74) is 0.917. The molecular weight excluding hydrogens is 376 g/mol. The Kier molecular flexibility index (Phi) is 5.71. The van der Waals surface area contributed by atoms with Crippen molar-refractivity contribution < 1.29 is 13.6 Å². The van der Waals surface area contributed by atoms with Crippen LogP contribution in [0.25, 0.3) is 0 Å². The van der Waals surface area contributed by atoms with Gasteiger partial charge in [-0.15, -0.1) is 5.10 Å². The summed E-state index contributed by atoms with van der Waals surface area (Å²) in [5, 5.41) is 12.0. The minimum atomic E-state index is -0.680. The lowest BCUT2D eigenvalue weighted by molar-refractivity contribution is 0.0802. The zero-order valence-electron chi connectivity index (χ0n) is 15.8. The number of carbonyl (C=O) groups is 1. The third kappa shape index (κ3) is 4.54. The number of Topliss-reactive ketones (excluding diaryl/α,β-unsaturated/α-hetero) is 1. The highest BCUT2D eigenvalue weighted by Gasteiger charge is 2.29. The number of piperidine rings is 1. The number of rotatable bonds is 6. The normalized spacial score (nSPS) is 17.4. The molecule has 1 aromatic heterocycles. The highest BCUT2D eigenvalue weighted by atomic mass is 19.1. The second kappa shape index (κ2) is 8.57. The van der Waals surface area contributed by atoms with Crippen LogP contribution in [0.4, 0.5) is 8.78 Å². The Labute approximate surface area is 167 Å². The summed E-state index contributed by atoms with van der Waals surface area (Å²) in [4.78, 5) is 14.8. The molecule has 6 nitrogen and oxygen atoms in total. The summed E-state index contributed by atoms with van der Waals surface area (Å²) < 4.78 is 29.2. The lowest BCUT2D eigenvalue weighted by Crippen LogP contribution is -2.39. The van der Waals surface area contributed by atoms with Crippen molar-refractivity contribution in [2.24, 2.45) is 5.92 Å². The van der Waals surface area contributed by atoms with Gasteiger partial charge in [0.05, 0.1) is 18.7 Å². The van der Waals surface area contributed by atoms with Crippen LogP contribution in [-0.4, -0.2) is 44.0 Å². The highest BCUT2D eigenvalue weighted by Crippen LogP contribution is 2.24. The molecule has 0 bridgehead atoms. The van der Waals surface area contributed by atoms with Crippen LogP contribution < -0.4 is 0 Å². The van der Waals surface area contributed by atoms with E-state index in [9.17, 15) is 13.6 Å². The van der Waals surface area contributed by atoms with Gasteiger partial charge < -0.3 is 0 Å². The zero-order chi connectivity index (χ0) is 20.2. The Bertz CT molecular complexity index is 992. The third-order valence-corrected chi connectivity index (χ3v) is 5.22. The fraction of sp³-hybridized carbons (Fsp3) is 0.333. The van der Waals surface area contributed by atoms with Crippen molar-refractivity contribution >= 4 is 5.78 Å². The monoisotopic (exact) mass is 397 g/mol. The van der Waals surface area contributed by atoms with E-state index in [1.165, 1.54) is 0 Å². The standard InChI is InChI=1S/C21H21F2N5O/c22-17-8-9-19(23)18(11-17)21(29)16-7-4-10-27(13-16)14-20-24-25-26-28(20)12-15-5-2-1-3-6-15/h1-3,5-6,8-9,11,16H,4,7,10,12-14H2. The molecule has 1 fully saturated rings. The van der Waals surface area contributed by atoms with E-state index >= 15 is 0 Å². The summed E-state index contributed by atoms with van der Waals surface area (Å²) in [5.74, 6) is -1.31. The van der Waals surface area contributed by atoms with Crippen molar-refractivity contribution in [3.8, 4) is 0 Å². The molecule has 3 aromatic rings. The number of carbonyl (C=O) groups excluding carboxylic acids is 1. The Morgan fingerprint density at radius 1 is 1.10 bits per heavy atom. The van der Waals surface area contributed by atoms with E-state index in [0.29, 0.717) is 31.9 Å². The number of likely N-dealkylation sites (tertiary alicyclic amines) is 1. The second-order valence-corrected chi connectivity index (χ2v) is 7.30. The third-order valence-electron chi connectivity index (χ3n) is 5.22. The minimum Gasteiger partial charge on any atom is -0.295 e. The predicted molar refractivity (Wildman–Crippen MR) is 102 cm³/mol. The van der Waals surface area contributed by atoms with Crippen molar-refractivity contribution in [1.82, 2.24) is 25.1 Å². The summed E-state index contributed by atoms with van der Waals surface area (Å²) in [7, 11) is 0. The van der Waals surface area contributed by atoms with Gasteiger partial charge in [-0.05, 0) is 53.6 Å². The molecule has 1 saturated heterocycles. The largest absolute Gasteiger partial charge is 0.295 e. The van der Waals surface area contributed by atoms with Gasteiger partial charge in [-0.1, -0.05) is 30.3 Å². The predicted octanol–water partition coefficient (Wildman–Crippen LogP) is 3.09. The Morgan fingerprint density at radius 2 is 1.93 bits per heavy atom. The smallest absolute Gasteiger partial charge is 0.170 e. The van der Waals surface area contributed by atoms with Crippen LogP contribution in [0.2, 0.25) is 0 Å². The fourth-order valence-corrected chi connectivity index (χ4v) is 3.74. The molecular formula is C21H21F2N5O. The second-order valence-electron chi connectivity index (χ2n) is 7.30. The molecule has 8 heteroatoms. The van der Waals surface area contributed by atoms with Crippen LogP contribution in [0.5, 0.6) is 0 Å². The average molecular weight is 397 g/mol. The van der Waals surface area contributed by atoms with Gasteiger partial charge in [0.2, 0.25) is 0 Å². The molecule has 150 valence electrons. The van der Waals surface area contributed by atoms with Crippen LogP contribution in [0.15, 0.2) is 48.5 Å². The van der Waals surface area contributed by atoms with Crippen LogP contribution >= 0.6 is 0 Å². The van der Waals surface area contributed by atoms with E-state index in [2.05, 4.69) is 20.4 Å². The van der Waals surface area contributed by atoms with Gasteiger partial charge in [0.1, 0.15) is 11.6 Å². The molecule has 1 aliphatic heterocycles. The summed E-state index contributed by atoms with van der Waals surface area (Å²) >= 11 is 0. The number of ketones is 1. The van der Waals surface area contributed by atoms with Gasteiger partial charge >= 0.3 is 0 Å². The first kappa shape index (κ1) is 19.3. The molecule has 29 heavy (non-hydrogen) atoms. The topological polar surface area (TPSA) is 63.9 Å². The first-order valence-electron chi connectivity index (χ1n) is 9.61. The van der Waals surface area contributed by atoms with Gasteiger partial charge in [0, 0.05) is 12.5 Å². The van der Waals surface area contributed by atoms with Crippen molar-refractivity contribution in [2.75, 3.05) is 13.1 Å². The molecule has 0 radical (unpaired) electrons. The molecule has 0 aliphatic carbocycles. The molecule has 1 unspecified atom stereocenters. The first-order valence-corrected chi connectivity index (χ1v) is 9.61. The van der Waals surface area contributed by atoms with Crippen LogP contribution in [0.3, 0.4) is 0 Å². The fourth-order valence-electron chi connectivity index (χ4n) is 3.74. The molecule has 4 rings (SSSR count). The Morgan fingerprint density at radius 3 is 2.76 bits per heavy atom. The maximum absolute atomic E-state index is 14.0. The molecule has 1 atom stereocenters. The number of nitrogens with zero attached hydrogens (tertiary/aromatic N) is 5. The quantitative estimate of drug-likeness (QED) is 0.598. The number of aromatic nitrogens is 4. The number of hydrogen-bond acceptors (Lipinski definition) is 5. The molecule has 0 amide bonds. The summed E-state index contributed by atoms with van der Waals surface area (Å²) in [6.45, 7) is 2.32. The van der Waals surface area contributed by atoms with Gasteiger partial charge in [0.15, 0.2) is 11.6 Å². The Balaban J connectivity index is 1.44. The lowest BCUT2D eigenvalue weighted by atomic mass is 9.89. The van der Waals surface area contributed by atoms with Gasteiger partial charge in [-0.2, -0.15) is 0 Å². The molecule has 2 heterocycles. The van der Waals surface area contributed by atoms with Crippen LogP contribution in [0, 0.1) is 17.6 Å². The minimum absolute atomic E-state index is 0.175. The van der Waals surface area contributed by atoms with E-state index in [0.717, 1.165) is 36.7 Å².